The lowest BCUT2D eigenvalue weighted by atomic mass is 9.87. The molecule has 1 heterocycles. The molecule has 0 aliphatic carbocycles. The van der Waals surface area contributed by atoms with Gasteiger partial charge in [0.05, 0.1) is 31.9 Å². The number of ether oxygens (including phenoxy) is 2. The van der Waals surface area contributed by atoms with E-state index in [1.807, 2.05) is 12.1 Å². The van der Waals surface area contributed by atoms with Gasteiger partial charge in [-0.05, 0) is 60.0 Å². The lowest BCUT2D eigenvalue weighted by Gasteiger charge is -2.38. The van der Waals surface area contributed by atoms with E-state index in [4.69, 9.17) is 26.3 Å². The Hall–Kier alpha value is -3.76. The molecule has 2 amide bonds. The van der Waals surface area contributed by atoms with E-state index in [1.165, 1.54) is 24.1 Å². The van der Waals surface area contributed by atoms with Crippen LogP contribution in [0.5, 0.6) is 11.5 Å². The fraction of sp³-hybridized carbons (Fsp3) is 0.200. The SMILES string of the molecule is COc1cc2c(cc1OC)[C@@H](c1c(F)cccc1Cl)N(C(=O)Nc1cccc(C#N)c1)CC2. The molecule has 3 aromatic carbocycles. The lowest BCUT2D eigenvalue weighted by molar-refractivity contribution is 0.192. The highest BCUT2D eigenvalue weighted by Gasteiger charge is 2.36. The summed E-state index contributed by atoms with van der Waals surface area (Å²) in [6.07, 6.45) is 0.532. The van der Waals surface area contributed by atoms with Gasteiger partial charge in [-0.15, -0.1) is 0 Å². The molecular formula is C25H21ClFN3O3. The third kappa shape index (κ3) is 4.30. The highest BCUT2D eigenvalue weighted by Crippen LogP contribution is 2.43. The second-order valence-corrected chi connectivity index (χ2v) is 7.92. The number of hydrogen-bond donors (Lipinski definition) is 1. The van der Waals surface area contributed by atoms with Crippen molar-refractivity contribution in [3.8, 4) is 17.6 Å². The Balaban J connectivity index is 1.82. The highest BCUT2D eigenvalue weighted by atomic mass is 35.5. The fourth-order valence-electron chi connectivity index (χ4n) is 4.11. The summed E-state index contributed by atoms with van der Waals surface area (Å²) >= 11 is 6.44. The number of fused-ring (bicyclic) bond motifs is 1. The smallest absolute Gasteiger partial charge is 0.322 e. The minimum absolute atomic E-state index is 0.202. The van der Waals surface area contributed by atoms with Crippen molar-refractivity contribution < 1.29 is 18.7 Å². The van der Waals surface area contributed by atoms with E-state index in [0.717, 1.165) is 5.56 Å². The van der Waals surface area contributed by atoms with Gasteiger partial charge in [0.1, 0.15) is 5.82 Å². The number of nitriles is 1. The minimum atomic E-state index is -0.790. The number of methoxy groups -OCH3 is 2. The van der Waals surface area contributed by atoms with E-state index in [0.29, 0.717) is 41.3 Å². The Morgan fingerprint density at radius 3 is 2.58 bits per heavy atom. The van der Waals surface area contributed by atoms with Crippen molar-refractivity contribution in [3.05, 3.63) is 87.7 Å². The molecule has 0 spiro atoms. The monoisotopic (exact) mass is 465 g/mol. The van der Waals surface area contributed by atoms with Crippen molar-refractivity contribution in [2.24, 2.45) is 0 Å². The second kappa shape index (κ2) is 9.39. The molecule has 1 aliphatic rings. The van der Waals surface area contributed by atoms with Crippen molar-refractivity contribution >= 4 is 23.3 Å². The number of amides is 2. The van der Waals surface area contributed by atoms with Crippen molar-refractivity contribution in [2.45, 2.75) is 12.5 Å². The maximum absolute atomic E-state index is 15.1. The molecule has 0 saturated carbocycles. The van der Waals surface area contributed by atoms with E-state index >= 15 is 4.39 Å². The van der Waals surface area contributed by atoms with Crippen molar-refractivity contribution in [3.63, 3.8) is 0 Å². The van der Waals surface area contributed by atoms with Gasteiger partial charge in [-0.2, -0.15) is 5.26 Å². The first-order chi connectivity index (χ1) is 16.0. The van der Waals surface area contributed by atoms with Crippen LogP contribution in [-0.2, 0) is 6.42 Å². The summed E-state index contributed by atoms with van der Waals surface area (Å²) in [7, 11) is 3.07. The van der Waals surface area contributed by atoms with Crippen LogP contribution in [0.15, 0.2) is 54.6 Å². The Labute approximate surface area is 196 Å². The van der Waals surface area contributed by atoms with Gasteiger partial charge in [-0.1, -0.05) is 23.7 Å². The molecule has 168 valence electrons. The molecule has 1 aliphatic heterocycles. The van der Waals surface area contributed by atoms with Gasteiger partial charge in [-0.3, -0.25) is 0 Å². The van der Waals surface area contributed by atoms with Crippen LogP contribution in [0.1, 0.15) is 28.3 Å². The number of nitrogens with zero attached hydrogens (tertiary/aromatic N) is 2. The Morgan fingerprint density at radius 2 is 1.88 bits per heavy atom. The van der Waals surface area contributed by atoms with Crippen LogP contribution in [0.2, 0.25) is 5.02 Å². The van der Waals surface area contributed by atoms with Crippen molar-refractivity contribution in [1.29, 1.82) is 5.26 Å². The zero-order valence-electron chi connectivity index (χ0n) is 18.1. The summed E-state index contributed by atoms with van der Waals surface area (Å²) in [6.45, 7) is 0.321. The molecule has 3 aromatic rings. The molecule has 0 unspecified atom stereocenters. The number of carbonyl (C=O) groups excluding carboxylic acids is 1. The summed E-state index contributed by atoms with van der Waals surface area (Å²) in [5, 5.41) is 12.2. The predicted molar refractivity (Wildman–Crippen MR) is 123 cm³/mol. The van der Waals surface area contributed by atoms with Gasteiger partial charge in [0, 0.05) is 22.8 Å². The van der Waals surface area contributed by atoms with E-state index in [-0.39, 0.29) is 10.6 Å². The Kier molecular flexibility index (Phi) is 6.38. The normalized spacial score (nSPS) is 14.8. The third-order valence-corrected chi connectivity index (χ3v) is 5.98. The van der Waals surface area contributed by atoms with Gasteiger partial charge < -0.3 is 19.7 Å². The summed E-state index contributed by atoms with van der Waals surface area (Å²) < 4.78 is 26.0. The quantitative estimate of drug-likeness (QED) is 0.548. The molecule has 4 rings (SSSR count). The number of urea groups is 1. The zero-order valence-corrected chi connectivity index (χ0v) is 18.8. The van der Waals surface area contributed by atoms with Crippen LogP contribution < -0.4 is 14.8 Å². The van der Waals surface area contributed by atoms with Gasteiger partial charge >= 0.3 is 6.03 Å². The van der Waals surface area contributed by atoms with Crippen LogP contribution in [0, 0.1) is 17.1 Å². The second-order valence-electron chi connectivity index (χ2n) is 7.51. The molecule has 33 heavy (non-hydrogen) atoms. The number of anilines is 1. The largest absolute Gasteiger partial charge is 0.493 e. The Morgan fingerprint density at radius 1 is 1.15 bits per heavy atom. The zero-order chi connectivity index (χ0) is 23.5. The van der Waals surface area contributed by atoms with E-state index in [2.05, 4.69) is 5.32 Å². The molecular weight excluding hydrogens is 445 g/mol. The summed E-state index contributed by atoms with van der Waals surface area (Å²) in [4.78, 5) is 14.9. The minimum Gasteiger partial charge on any atom is -0.493 e. The van der Waals surface area contributed by atoms with Crippen LogP contribution >= 0.6 is 11.6 Å². The summed E-state index contributed by atoms with van der Waals surface area (Å²) in [6, 6.07) is 15.5. The molecule has 0 radical (unpaired) electrons. The number of benzene rings is 3. The standard InChI is InChI=1S/C25H21ClFN3O3/c1-32-21-12-16-9-10-30(25(31)29-17-6-3-5-15(11-17)14-28)24(18(16)13-22(21)33-2)23-19(26)7-4-8-20(23)27/h3-8,11-13,24H,9-10H2,1-2H3,(H,29,31)/t24-/m0/s1. The first kappa shape index (κ1) is 22.4. The van der Waals surface area contributed by atoms with E-state index in [1.54, 1.807) is 43.5 Å². The molecule has 0 fully saturated rings. The van der Waals surface area contributed by atoms with E-state index < -0.39 is 17.9 Å². The topological polar surface area (TPSA) is 74.6 Å². The van der Waals surface area contributed by atoms with Crippen LogP contribution in [0.25, 0.3) is 0 Å². The van der Waals surface area contributed by atoms with Gasteiger partial charge in [-0.25, -0.2) is 9.18 Å². The third-order valence-electron chi connectivity index (χ3n) is 5.65. The molecule has 8 heteroatoms. The van der Waals surface area contributed by atoms with Gasteiger partial charge in [0.2, 0.25) is 0 Å². The molecule has 1 N–H and O–H groups in total. The molecule has 6 nitrogen and oxygen atoms in total. The first-order valence-electron chi connectivity index (χ1n) is 10.2. The van der Waals surface area contributed by atoms with Crippen LogP contribution in [-0.4, -0.2) is 31.7 Å². The van der Waals surface area contributed by atoms with Crippen molar-refractivity contribution in [1.82, 2.24) is 4.90 Å². The number of nitrogens with one attached hydrogen (secondary N) is 1. The molecule has 0 aromatic heterocycles. The maximum Gasteiger partial charge on any atom is 0.322 e. The first-order valence-corrected chi connectivity index (χ1v) is 10.6. The highest BCUT2D eigenvalue weighted by molar-refractivity contribution is 6.31. The van der Waals surface area contributed by atoms with Crippen molar-refractivity contribution in [2.75, 3.05) is 26.1 Å². The average molecular weight is 466 g/mol. The van der Waals surface area contributed by atoms with Gasteiger partial charge in [0.25, 0.3) is 0 Å². The molecule has 0 bridgehead atoms. The maximum atomic E-state index is 15.1. The predicted octanol–water partition coefficient (Wildman–Crippen LogP) is 5.55. The number of rotatable bonds is 4. The van der Waals surface area contributed by atoms with E-state index in [9.17, 15) is 4.79 Å². The number of halogens is 2. The molecule has 1 atom stereocenters. The Bertz CT molecular complexity index is 1240. The molecule has 0 saturated heterocycles. The fourth-order valence-corrected chi connectivity index (χ4v) is 4.38. The number of carbonyl (C=O) groups is 1. The summed E-state index contributed by atoms with van der Waals surface area (Å²) in [5.41, 5.74) is 2.70. The lowest BCUT2D eigenvalue weighted by Crippen LogP contribution is -2.43. The van der Waals surface area contributed by atoms with Crippen LogP contribution in [0.4, 0.5) is 14.9 Å². The van der Waals surface area contributed by atoms with Gasteiger partial charge in [0.15, 0.2) is 11.5 Å². The average Bonchev–Trinajstić information content (AvgIpc) is 2.83. The number of hydrogen-bond acceptors (Lipinski definition) is 4. The van der Waals surface area contributed by atoms with Crippen LogP contribution in [0.3, 0.4) is 0 Å². The summed E-state index contributed by atoms with van der Waals surface area (Å²) in [5.74, 6) is 0.512.